The number of halogens is 5. The Labute approximate surface area is 202 Å². The standard InChI is InChI=1S/C22H13BrCl4N2O/c23-12-3-1-11(2-4-12)19-10-20-16-7-14(25)9-18(27)21(16)30-22(29(20)28-19)15-6-5-13(24)8-17(15)26/h1-9,20,22H,10H2/t20-,22+/m1/s1. The van der Waals surface area contributed by atoms with Crippen molar-refractivity contribution < 1.29 is 4.74 Å². The summed E-state index contributed by atoms with van der Waals surface area (Å²) < 4.78 is 7.35. The highest BCUT2D eigenvalue weighted by atomic mass is 79.9. The Hall–Kier alpha value is -1.43. The maximum absolute atomic E-state index is 6.52. The minimum absolute atomic E-state index is 0.0830. The van der Waals surface area contributed by atoms with Crippen molar-refractivity contribution >= 4 is 68.0 Å². The average Bonchev–Trinajstić information content (AvgIpc) is 3.14. The van der Waals surface area contributed by atoms with Crippen LogP contribution in [-0.4, -0.2) is 10.7 Å². The minimum Gasteiger partial charge on any atom is -0.463 e. The second kappa shape index (κ2) is 7.92. The highest BCUT2D eigenvalue weighted by molar-refractivity contribution is 9.10. The first-order chi connectivity index (χ1) is 14.4. The minimum atomic E-state index is -0.543. The molecule has 0 aromatic heterocycles. The van der Waals surface area contributed by atoms with Crippen LogP contribution in [0.3, 0.4) is 0 Å². The monoisotopic (exact) mass is 540 g/mol. The summed E-state index contributed by atoms with van der Waals surface area (Å²) in [7, 11) is 0. The summed E-state index contributed by atoms with van der Waals surface area (Å²) in [6.07, 6.45) is 0.148. The van der Waals surface area contributed by atoms with E-state index in [0.717, 1.165) is 26.9 Å². The smallest absolute Gasteiger partial charge is 0.215 e. The lowest BCUT2D eigenvalue weighted by molar-refractivity contribution is -0.0188. The Kier molecular flexibility index (Phi) is 5.41. The molecule has 2 aliphatic rings. The van der Waals surface area contributed by atoms with Crippen LogP contribution in [0.15, 0.2) is 64.2 Å². The Morgan fingerprint density at radius 3 is 2.33 bits per heavy atom. The molecule has 0 saturated heterocycles. The van der Waals surface area contributed by atoms with E-state index in [-0.39, 0.29) is 6.04 Å². The number of hydrogen-bond donors (Lipinski definition) is 0. The van der Waals surface area contributed by atoms with Crippen LogP contribution in [0.25, 0.3) is 0 Å². The van der Waals surface area contributed by atoms with E-state index in [4.69, 9.17) is 56.2 Å². The molecule has 152 valence electrons. The predicted octanol–water partition coefficient (Wildman–Crippen LogP) is 8.31. The van der Waals surface area contributed by atoms with Gasteiger partial charge < -0.3 is 4.74 Å². The third-order valence-electron chi connectivity index (χ3n) is 5.21. The van der Waals surface area contributed by atoms with Gasteiger partial charge in [0, 0.05) is 32.1 Å². The second-order valence-electron chi connectivity index (χ2n) is 7.10. The summed E-state index contributed by atoms with van der Waals surface area (Å²) >= 11 is 28.9. The predicted molar refractivity (Wildman–Crippen MR) is 126 cm³/mol. The van der Waals surface area contributed by atoms with Crippen molar-refractivity contribution in [2.75, 3.05) is 0 Å². The van der Waals surface area contributed by atoms with Gasteiger partial charge in [-0.1, -0.05) is 80.5 Å². The van der Waals surface area contributed by atoms with Crippen molar-refractivity contribution in [2.24, 2.45) is 5.10 Å². The Morgan fingerprint density at radius 1 is 0.867 bits per heavy atom. The number of rotatable bonds is 2. The third-order valence-corrected chi connectivity index (χ3v) is 6.80. The van der Waals surface area contributed by atoms with Crippen molar-refractivity contribution in [2.45, 2.75) is 18.7 Å². The zero-order chi connectivity index (χ0) is 21.0. The van der Waals surface area contributed by atoms with E-state index in [9.17, 15) is 0 Å². The number of benzene rings is 3. The number of hydrazone groups is 1. The zero-order valence-corrected chi connectivity index (χ0v) is 19.9. The van der Waals surface area contributed by atoms with E-state index in [1.807, 2.05) is 41.4 Å². The van der Waals surface area contributed by atoms with Gasteiger partial charge in [-0.3, -0.25) is 0 Å². The lowest BCUT2D eigenvalue weighted by atomic mass is 9.96. The van der Waals surface area contributed by atoms with Crippen LogP contribution in [0.5, 0.6) is 5.75 Å². The fourth-order valence-electron chi connectivity index (χ4n) is 3.84. The number of hydrogen-bond acceptors (Lipinski definition) is 3. The summed E-state index contributed by atoms with van der Waals surface area (Å²) in [5.41, 5.74) is 3.67. The van der Waals surface area contributed by atoms with E-state index < -0.39 is 6.23 Å². The highest BCUT2D eigenvalue weighted by Crippen LogP contribution is 2.51. The van der Waals surface area contributed by atoms with Gasteiger partial charge in [0.1, 0.15) is 5.75 Å². The molecule has 2 heterocycles. The van der Waals surface area contributed by atoms with Gasteiger partial charge in [-0.05, 0) is 42.0 Å². The van der Waals surface area contributed by atoms with Gasteiger partial charge in [0.25, 0.3) is 0 Å². The summed E-state index contributed by atoms with van der Waals surface area (Å²) in [4.78, 5) is 0. The van der Waals surface area contributed by atoms with E-state index in [1.54, 1.807) is 18.2 Å². The molecule has 30 heavy (non-hydrogen) atoms. The van der Waals surface area contributed by atoms with E-state index >= 15 is 0 Å². The van der Waals surface area contributed by atoms with Crippen LogP contribution < -0.4 is 4.74 Å². The van der Waals surface area contributed by atoms with Crippen LogP contribution in [0.1, 0.15) is 35.4 Å². The molecule has 0 fully saturated rings. The molecule has 3 aromatic rings. The van der Waals surface area contributed by atoms with Crippen molar-refractivity contribution in [3.8, 4) is 5.75 Å². The lowest BCUT2D eigenvalue weighted by Crippen LogP contribution is -2.34. The molecule has 8 heteroatoms. The van der Waals surface area contributed by atoms with Crippen molar-refractivity contribution in [3.05, 3.63) is 95.9 Å². The Bertz CT molecular complexity index is 1180. The molecule has 2 aliphatic heterocycles. The van der Waals surface area contributed by atoms with Gasteiger partial charge in [-0.2, -0.15) is 5.10 Å². The van der Waals surface area contributed by atoms with Crippen molar-refractivity contribution in [1.29, 1.82) is 0 Å². The molecule has 0 N–H and O–H groups in total. The second-order valence-corrected chi connectivity index (χ2v) is 9.70. The fourth-order valence-corrected chi connectivity index (χ4v) is 5.16. The van der Waals surface area contributed by atoms with Gasteiger partial charge in [0.15, 0.2) is 0 Å². The number of ether oxygens (including phenoxy) is 1. The number of fused-ring (bicyclic) bond motifs is 3. The molecule has 3 aromatic carbocycles. The van der Waals surface area contributed by atoms with Gasteiger partial charge in [0.05, 0.1) is 21.8 Å². The molecule has 0 bridgehead atoms. The largest absolute Gasteiger partial charge is 0.463 e. The van der Waals surface area contributed by atoms with E-state index in [1.165, 1.54) is 0 Å². The molecular weight excluding hydrogens is 530 g/mol. The van der Waals surface area contributed by atoms with Crippen LogP contribution in [0, 0.1) is 0 Å². The summed E-state index contributed by atoms with van der Waals surface area (Å²) in [5, 5.41) is 8.94. The molecule has 0 amide bonds. The lowest BCUT2D eigenvalue weighted by Gasteiger charge is -2.39. The van der Waals surface area contributed by atoms with Crippen molar-refractivity contribution in [3.63, 3.8) is 0 Å². The Morgan fingerprint density at radius 2 is 1.60 bits per heavy atom. The maximum Gasteiger partial charge on any atom is 0.215 e. The highest BCUT2D eigenvalue weighted by Gasteiger charge is 2.42. The molecule has 5 rings (SSSR count). The topological polar surface area (TPSA) is 24.8 Å². The van der Waals surface area contributed by atoms with Crippen molar-refractivity contribution in [1.82, 2.24) is 5.01 Å². The first-order valence-electron chi connectivity index (χ1n) is 9.13. The van der Waals surface area contributed by atoms with Crippen LogP contribution >= 0.6 is 62.3 Å². The SMILES string of the molecule is Clc1ccc([C@@H]2Oc3c(Cl)cc(Cl)cc3[C@H]3CC(c4ccc(Br)cc4)=NN32)c(Cl)c1. The van der Waals surface area contributed by atoms with Gasteiger partial charge in [-0.15, -0.1) is 0 Å². The molecule has 0 spiro atoms. The summed E-state index contributed by atoms with van der Waals surface area (Å²) in [5.74, 6) is 0.602. The van der Waals surface area contributed by atoms with Gasteiger partial charge in [-0.25, -0.2) is 5.01 Å². The zero-order valence-electron chi connectivity index (χ0n) is 15.3. The quantitative estimate of drug-likeness (QED) is 0.325. The molecule has 3 nitrogen and oxygen atoms in total. The average molecular weight is 543 g/mol. The van der Waals surface area contributed by atoms with Crippen LogP contribution in [0.4, 0.5) is 0 Å². The van der Waals surface area contributed by atoms with E-state index in [2.05, 4.69) is 15.9 Å². The van der Waals surface area contributed by atoms with E-state index in [0.29, 0.717) is 32.3 Å². The summed E-state index contributed by atoms with van der Waals surface area (Å²) in [6.45, 7) is 0. The first kappa shape index (κ1) is 20.5. The Balaban J connectivity index is 1.64. The van der Waals surface area contributed by atoms with Gasteiger partial charge in [0.2, 0.25) is 6.23 Å². The molecular formula is C22H13BrCl4N2O. The normalized spacial score (nSPS) is 19.8. The maximum atomic E-state index is 6.52. The van der Waals surface area contributed by atoms with Gasteiger partial charge >= 0.3 is 0 Å². The molecule has 0 unspecified atom stereocenters. The van der Waals surface area contributed by atoms with Crippen LogP contribution in [0.2, 0.25) is 20.1 Å². The third kappa shape index (κ3) is 3.59. The fraction of sp³-hybridized carbons (Fsp3) is 0.136. The first-order valence-corrected chi connectivity index (χ1v) is 11.4. The molecule has 2 atom stereocenters. The van der Waals surface area contributed by atoms with Crippen LogP contribution in [-0.2, 0) is 0 Å². The molecule has 0 radical (unpaired) electrons. The number of nitrogens with zero attached hydrogens (tertiary/aromatic N) is 2. The molecule has 0 saturated carbocycles. The molecule has 0 aliphatic carbocycles. The summed E-state index contributed by atoms with van der Waals surface area (Å²) in [6, 6.07) is 16.9.